The molecule has 2 amide bonds. The van der Waals surface area contributed by atoms with Gasteiger partial charge in [-0.2, -0.15) is 0 Å². The molecule has 12 heteroatoms. The van der Waals surface area contributed by atoms with Crippen LogP contribution in [0.2, 0.25) is 10.0 Å². The van der Waals surface area contributed by atoms with E-state index < -0.39 is 9.85 Å². The molecule has 2 fully saturated rings. The predicted molar refractivity (Wildman–Crippen MR) is 147 cm³/mol. The highest BCUT2D eigenvalue weighted by Gasteiger charge is 2.29. The number of carbonyl (C=O) groups excluding carboxylic acids is 2. The van der Waals surface area contributed by atoms with Crippen molar-refractivity contribution in [2.24, 2.45) is 11.8 Å². The van der Waals surface area contributed by atoms with Gasteiger partial charge in [-0.05, 0) is 81.8 Å². The summed E-state index contributed by atoms with van der Waals surface area (Å²) < 4.78 is 0. The molecular weight excluding hydrogens is 547 g/mol. The van der Waals surface area contributed by atoms with Crippen molar-refractivity contribution in [2.45, 2.75) is 69.9 Å². The zero-order chi connectivity index (χ0) is 28.1. The van der Waals surface area contributed by atoms with E-state index in [0.717, 1.165) is 57.8 Å². The first-order valence-corrected chi connectivity index (χ1v) is 13.9. The van der Waals surface area contributed by atoms with Gasteiger partial charge in [0, 0.05) is 36.3 Å². The van der Waals surface area contributed by atoms with Crippen LogP contribution in [-0.2, 0) is 0 Å². The third-order valence-electron chi connectivity index (χ3n) is 7.85. The second-order valence-electron chi connectivity index (χ2n) is 10.5. The van der Waals surface area contributed by atoms with Gasteiger partial charge in [0.05, 0.1) is 31.0 Å². The fourth-order valence-electron chi connectivity index (χ4n) is 5.69. The molecule has 2 aliphatic rings. The Morgan fingerprint density at radius 2 is 1.05 bits per heavy atom. The lowest BCUT2D eigenvalue weighted by Gasteiger charge is -2.34. The Hall–Kier alpha value is -3.24. The number of non-ortho nitro benzene ring substituents is 2. The molecule has 2 aliphatic carbocycles. The van der Waals surface area contributed by atoms with Crippen molar-refractivity contribution in [2.75, 3.05) is 0 Å². The summed E-state index contributed by atoms with van der Waals surface area (Å²) in [6.45, 7) is 0. The molecule has 0 heterocycles. The number of halogens is 2. The molecule has 39 heavy (non-hydrogen) atoms. The third kappa shape index (κ3) is 7.45. The summed E-state index contributed by atoms with van der Waals surface area (Å²) in [5, 5.41) is 27.9. The smallest absolute Gasteiger partial charge is 0.270 e. The molecule has 0 bridgehead atoms. The molecule has 10 nitrogen and oxygen atoms in total. The molecule has 2 saturated carbocycles. The van der Waals surface area contributed by atoms with Crippen LogP contribution in [0.1, 0.15) is 78.5 Å². The monoisotopic (exact) mass is 576 g/mol. The summed E-state index contributed by atoms with van der Waals surface area (Å²) in [5.74, 6) is 0.565. The number of rotatable bonds is 8. The van der Waals surface area contributed by atoms with E-state index in [1.54, 1.807) is 0 Å². The van der Waals surface area contributed by atoms with E-state index in [9.17, 15) is 29.8 Å². The summed E-state index contributed by atoms with van der Waals surface area (Å²) in [7, 11) is 0. The molecule has 2 aromatic carbocycles. The van der Waals surface area contributed by atoms with Gasteiger partial charge in [0.15, 0.2) is 0 Å². The zero-order valence-electron chi connectivity index (χ0n) is 21.2. The van der Waals surface area contributed by atoms with Crippen LogP contribution in [0.4, 0.5) is 11.4 Å². The number of hydrogen-bond donors (Lipinski definition) is 2. The van der Waals surface area contributed by atoms with Crippen LogP contribution in [0.25, 0.3) is 0 Å². The molecule has 0 atom stereocenters. The first-order valence-electron chi connectivity index (χ1n) is 13.1. The minimum atomic E-state index is -0.546. The number of nitro groups is 2. The maximum absolute atomic E-state index is 12.6. The molecule has 0 saturated heterocycles. The normalized spacial score (nSPS) is 23.0. The molecule has 4 rings (SSSR count). The van der Waals surface area contributed by atoms with Gasteiger partial charge < -0.3 is 10.6 Å². The Morgan fingerprint density at radius 3 is 1.36 bits per heavy atom. The van der Waals surface area contributed by atoms with E-state index in [4.69, 9.17) is 23.2 Å². The highest BCUT2D eigenvalue weighted by molar-refractivity contribution is 6.34. The van der Waals surface area contributed by atoms with Gasteiger partial charge in [-0.25, -0.2) is 0 Å². The van der Waals surface area contributed by atoms with E-state index in [1.807, 2.05) is 0 Å². The summed E-state index contributed by atoms with van der Waals surface area (Å²) in [4.78, 5) is 46.0. The lowest BCUT2D eigenvalue weighted by atomic mass is 9.75. The fraction of sp³-hybridized carbons (Fsp3) is 0.481. The standard InChI is InChI=1S/C27H30Cl2N4O6/c28-24-14-20(32(36)37)9-11-22(24)26(34)30-18-5-1-16(2-6-18)13-17-3-7-19(8-4-17)31-27(35)23-12-10-21(33(38)39)15-25(23)29/h9-12,14-19H,1-8,13H2,(H,30,34)(H,31,35). The summed E-state index contributed by atoms with van der Waals surface area (Å²) in [6.07, 6.45) is 8.73. The molecule has 0 spiro atoms. The van der Waals surface area contributed by atoms with Crippen LogP contribution in [-0.4, -0.2) is 33.7 Å². The van der Waals surface area contributed by atoms with Crippen LogP contribution >= 0.6 is 23.2 Å². The SMILES string of the molecule is O=C(NC1CCC(CC2CCC(NC(=O)c3ccc([N+](=O)[O-])cc3Cl)CC2)CC1)c1ccc([N+](=O)[O-])cc1Cl. The second kappa shape index (κ2) is 12.7. The third-order valence-corrected chi connectivity index (χ3v) is 8.47. The van der Waals surface area contributed by atoms with Crippen molar-refractivity contribution < 1.29 is 19.4 Å². The number of hydrogen-bond acceptors (Lipinski definition) is 6. The first-order chi connectivity index (χ1) is 18.6. The molecule has 208 valence electrons. The minimum Gasteiger partial charge on any atom is -0.349 e. The molecule has 2 N–H and O–H groups in total. The highest BCUT2D eigenvalue weighted by atomic mass is 35.5. The van der Waals surface area contributed by atoms with E-state index in [0.29, 0.717) is 11.8 Å². The number of nitrogens with one attached hydrogen (secondary N) is 2. The van der Waals surface area contributed by atoms with E-state index in [1.165, 1.54) is 36.4 Å². The molecule has 0 radical (unpaired) electrons. The van der Waals surface area contributed by atoms with Crippen molar-refractivity contribution in [1.82, 2.24) is 10.6 Å². The topological polar surface area (TPSA) is 144 Å². The van der Waals surface area contributed by atoms with Crippen molar-refractivity contribution in [3.63, 3.8) is 0 Å². The quantitative estimate of drug-likeness (QED) is 0.272. The van der Waals surface area contributed by atoms with Gasteiger partial charge in [0.1, 0.15) is 0 Å². The van der Waals surface area contributed by atoms with Gasteiger partial charge in [0.2, 0.25) is 0 Å². The zero-order valence-corrected chi connectivity index (χ0v) is 22.7. The highest BCUT2D eigenvalue weighted by Crippen LogP contribution is 2.36. The van der Waals surface area contributed by atoms with E-state index in [2.05, 4.69) is 10.6 Å². The van der Waals surface area contributed by atoms with Crippen LogP contribution in [0.3, 0.4) is 0 Å². The molecule has 2 aromatic rings. The Morgan fingerprint density at radius 1 is 0.692 bits per heavy atom. The summed E-state index contributed by atoms with van der Waals surface area (Å²) in [6, 6.07) is 7.83. The number of carbonyl (C=O) groups is 2. The minimum absolute atomic E-state index is 0.0530. The van der Waals surface area contributed by atoms with Crippen molar-refractivity contribution >= 4 is 46.4 Å². The Kier molecular flexibility index (Phi) is 9.40. The van der Waals surface area contributed by atoms with Crippen LogP contribution in [0, 0.1) is 32.1 Å². The van der Waals surface area contributed by atoms with Crippen molar-refractivity contribution in [3.05, 3.63) is 77.8 Å². The average molecular weight is 577 g/mol. The van der Waals surface area contributed by atoms with E-state index in [-0.39, 0.29) is 56.4 Å². The summed E-state index contributed by atoms with van der Waals surface area (Å²) in [5.41, 5.74) is 0.179. The summed E-state index contributed by atoms with van der Waals surface area (Å²) >= 11 is 12.2. The molecule has 0 aromatic heterocycles. The lowest BCUT2D eigenvalue weighted by molar-refractivity contribution is -0.385. The fourth-order valence-corrected chi connectivity index (χ4v) is 6.21. The maximum atomic E-state index is 12.6. The first kappa shape index (κ1) is 28.8. The number of nitro benzene ring substituents is 2. The van der Waals surface area contributed by atoms with E-state index >= 15 is 0 Å². The second-order valence-corrected chi connectivity index (χ2v) is 11.3. The molecule has 0 aliphatic heterocycles. The van der Waals surface area contributed by atoms with Crippen molar-refractivity contribution in [3.8, 4) is 0 Å². The van der Waals surface area contributed by atoms with Gasteiger partial charge in [-0.15, -0.1) is 0 Å². The van der Waals surface area contributed by atoms with Crippen LogP contribution < -0.4 is 10.6 Å². The Bertz CT molecular complexity index is 1160. The average Bonchev–Trinajstić information content (AvgIpc) is 2.90. The van der Waals surface area contributed by atoms with Gasteiger partial charge in [-0.3, -0.25) is 29.8 Å². The largest absolute Gasteiger partial charge is 0.349 e. The Balaban J connectivity index is 1.18. The number of benzene rings is 2. The van der Waals surface area contributed by atoms with Crippen molar-refractivity contribution in [1.29, 1.82) is 0 Å². The Labute approximate surface area is 235 Å². The number of nitrogens with zero attached hydrogens (tertiary/aromatic N) is 2. The molecule has 0 unspecified atom stereocenters. The van der Waals surface area contributed by atoms with Gasteiger partial charge in [-0.1, -0.05) is 23.2 Å². The van der Waals surface area contributed by atoms with Crippen LogP contribution in [0.15, 0.2) is 36.4 Å². The van der Waals surface area contributed by atoms with Crippen LogP contribution in [0.5, 0.6) is 0 Å². The number of amides is 2. The predicted octanol–water partition coefficient (Wildman–Crippen LogP) is 6.48. The lowest BCUT2D eigenvalue weighted by Crippen LogP contribution is -2.39. The molecular formula is C27H30Cl2N4O6. The maximum Gasteiger partial charge on any atom is 0.270 e. The van der Waals surface area contributed by atoms with Gasteiger partial charge in [0.25, 0.3) is 23.2 Å². The van der Waals surface area contributed by atoms with Gasteiger partial charge >= 0.3 is 0 Å².